The summed E-state index contributed by atoms with van der Waals surface area (Å²) in [6, 6.07) is 0. The summed E-state index contributed by atoms with van der Waals surface area (Å²) in [7, 11) is -3.53. The van der Waals surface area contributed by atoms with Gasteiger partial charge in [0.25, 0.3) is 0 Å². The van der Waals surface area contributed by atoms with Crippen LogP contribution in [-0.4, -0.2) is 60.5 Å². The lowest BCUT2D eigenvalue weighted by Crippen LogP contribution is -2.63. The maximum Gasteiger partial charge on any atom is 0.356 e. The Morgan fingerprint density at radius 1 is 1.15 bits per heavy atom. The first kappa shape index (κ1) is 31.3. The average molecular weight is 581 g/mol. The van der Waals surface area contributed by atoms with Crippen molar-refractivity contribution in [1.29, 1.82) is 0 Å². The van der Waals surface area contributed by atoms with Crippen molar-refractivity contribution in [2.45, 2.75) is 85.4 Å². The molecule has 0 heterocycles. The van der Waals surface area contributed by atoms with E-state index in [0.29, 0.717) is 12.8 Å². The molecule has 0 spiro atoms. The summed E-state index contributed by atoms with van der Waals surface area (Å²) in [5.74, 6) is -0.816. The van der Waals surface area contributed by atoms with Crippen LogP contribution >= 0.6 is 7.60 Å². The summed E-state index contributed by atoms with van der Waals surface area (Å²) >= 11 is 0. The molecule has 9 nitrogen and oxygen atoms in total. The molecule has 10 heteroatoms. The number of fused-ring (bicyclic) bond motifs is 5. The number of aliphatic hydroxyl groups is 1. The zero-order valence-corrected chi connectivity index (χ0v) is 25.5. The van der Waals surface area contributed by atoms with Crippen LogP contribution in [0, 0.1) is 34.5 Å². The van der Waals surface area contributed by atoms with Gasteiger partial charge in [0.2, 0.25) is 5.78 Å². The van der Waals surface area contributed by atoms with Gasteiger partial charge in [0, 0.05) is 23.2 Å². The number of Topliss-reactive ketones (excluding diaryl/α,β-unsaturated/α-hetero) is 1. The fourth-order valence-electron chi connectivity index (χ4n) is 8.56. The Balaban J connectivity index is 1.65. The van der Waals surface area contributed by atoms with Crippen molar-refractivity contribution in [3.05, 3.63) is 23.8 Å². The molecule has 1 N–H and O–H groups in total. The van der Waals surface area contributed by atoms with Gasteiger partial charge < -0.3 is 23.6 Å². The topological polar surface area (TPSA) is 125 Å². The number of carbonyl (C=O) groups excluding carboxylic acids is 3. The largest absolute Gasteiger partial charge is 0.450 e. The summed E-state index contributed by atoms with van der Waals surface area (Å²) < 4.78 is 35.1. The summed E-state index contributed by atoms with van der Waals surface area (Å²) in [6.45, 7) is 11.2. The van der Waals surface area contributed by atoms with Crippen LogP contribution in [0.1, 0.15) is 73.6 Å². The molecule has 0 aliphatic heterocycles. The van der Waals surface area contributed by atoms with Gasteiger partial charge in [-0.05, 0) is 69.4 Å². The van der Waals surface area contributed by atoms with Crippen LogP contribution in [0.4, 0.5) is 0 Å². The highest BCUT2D eigenvalue weighted by molar-refractivity contribution is 7.53. The van der Waals surface area contributed by atoms with E-state index in [1.807, 2.05) is 13.0 Å². The number of esters is 1. The van der Waals surface area contributed by atoms with Gasteiger partial charge in [0.1, 0.15) is 13.0 Å². The van der Waals surface area contributed by atoms with Crippen LogP contribution in [0.3, 0.4) is 0 Å². The molecular formula is C30H45O9P. The Hall–Kier alpha value is -1.64. The van der Waals surface area contributed by atoms with Crippen LogP contribution in [0.2, 0.25) is 0 Å². The first-order chi connectivity index (χ1) is 18.8. The van der Waals surface area contributed by atoms with Crippen molar-refractivity contribution >= 4 is 25.1 Å². The zero-order chi connectivity index (χ0) is 29.5. The molecule has 0 aromatic rings. The molecule has 3 saturated carbocycles. The van der Waals surface area contributed by atoms with Gasteiger partial charge in [-0.1, -0.05) is 39.3 Å². The minimum absolute atomic E-state index is 0.0132. The second-order valence-corrected chi connectivity index (χ2v) is 14.3. The number of carbonyl (C=O) groups is 3. The van der Waals surface area contributed by atoms with Crippen LogP contribution in [0.5, 0.6) is 0 Å². The van der Waals surface area contributed by atoms with Gasteiger partial charge in [-0.25, -0.2) is 0 Å². The maximum absolute atomic E-state index is 14.0. The predicted molar refractivity (Wildman–Crippen MR) is 148 cm³/mol. The number of allylic oxidation sites excluding steroid dienone is 4. The van der Waals surface area contributed by atoms with E-state index in [-0.39, 0.29) is 61.9 Å². The minimum Gasteiger partial charge on any atom is -0.450 e. The standard InChI is InChI=1S/C30H45O9P/c1-7-26(34)39-30(25(33)17-36-18-40(35,37-8-2)38-9-3)13-11-22-21-14-19(4)23-15-20(31)10-12-28(23,5)27(21)24(32)16-29(22,30)6/h10,12,15,19,21-22,24,27,32H,7-9,11,13-14,16-18H2,1-6H3/t19-,21-,22-,24-,27+,28-,29-,30-/m0/s1. The van der Waals surface area contributed by atoms with E-state index in [9.17, 15) is 24.1 Å². The summed E-state index contributed by atoms with van der Waals surface area (Å²) in [6.07, 6.45) is 6.28. The molecule has 0 amide bonds. The molecule has 224 valence electrons. The molecule has 0 bridgehead atoms. The Morgan fingerprint density at radius 3 is 2.45 bits per heavy atom. The normalized spacial score (nSPS) is 38.7. The van der Waals surface area contributed by atoms with E-state index in [0.717, 1.165) is 12.0 Å². The fraction of sp³-hybridized carbons (Fsp3) is 0.767. The summed E-state index contributed by atoms with van der Waals surface area (Å²) in [5.41, 5.74) is -1.71. The number of ether oxygens (including phenoxy) is 2. The zero-order valence-electron chi connectivity index (χ0n) is 24.6. The molecule has 0 saturated heterocycles. The third-order valence-electron chi connectivity index (χ3n) is 10.1. The highest BCUT2D eigenvalue weighted by atomic mass is 31.2. The van der Waals surface area contributed by atoms with Gasteiger partial charge >= 0.3 is 13.6 Å². The van der Waals surface area contributed by atoms with Gasteiger partial charge in [-0.15, -0.1) is 0 Å². The third kappa shape index (κ3) is 5.11. The van der Waals surface area contributed by atoms with E-state index in [4.69, 9.17) is 18.5 Å². The highest BCUT2D eigenvalue weighted by Crippen LogP contribution is 2.68. The lowest BCUT2D eigenvalue weighted by Gasteiger charge is -2.61. The lowest BCUT2D eigenvalue weighted by molar-refractivity contribution is -0.201. The first-order valence-electron chi connectivity index (χ1n) is 14.6. The number of aliphatic hydroxyl groups excluding tert-OH is 1. The minimum atomic E-state index is -3.53. The molecular weight excluding hydrogens is 535 g/mol. The van der Waals surface area contributed by atoms with Crippen molar-refractivity contribution in [3.63, 3.8) is 0 Å². The van der Waals surface area contributed by atoms with Gasteiger partial charge in [-0.3, -0.25) is 18.9 Å². The number of hydrogen-bond donors (Lipinski definition) is 1. The third-order valence-corrected chi connectivity index (χ3v) is 11.9. The van der Waals surface area contributed by atoms with Crippen LogP contribution < -0.4 is 0 Å². The fourth-order valence-corrected chi connectivity index (χ4v) is 9.88. The second kappa shape index (κ2) is 11.6. The maximum atomic E-state index is 14.0. The molecule has 4 rings (SSSR count). The predicted octanol–water partition coefficient (Wildman–Crippen LogP) is 5.01. The molecule has 8 atom stereocenters. The smallest absolute Gasteiger partial charge is 0.356 e. The van der Waals surface area contributed by atoms with Crippen LogP contribution in [0.25, 0.3) is 0 Å². The molecule has 4 aliphatic carbocycles. The highest BCUT2D eigenvalue weighted by Gasteiger charge is 2.70. The molecule has 40 heavy (non-hydrogen) atoms. The van der Waals surface area contributed by atoms with Crippen molar-refractivity contribution in [2.24, 2.45) is 34.5 Å². The second-order valence-electron chi connectivity index (χ2n) is 12.3. The average Bonchev–Trinajstić information content (AvgIpc) is 3.17. The molecule has 0 aromatic carbocycles. The Bertz CT molecular complexity index is 1120. The van der Waals surface area contributed by atoms with E-state index >= 15 is 0 Å². The van der Waals surface area contributed by atoms with Gasteiger partial charge in [0.15, 0.2) is 11.4 Å². The number of rotatable bonds is 11. The van der Waals surface area contributed by atoms with E-state index in [1.54, 1.807) is 32.9 Å². The van der Waals surface area contributed by atoms with Crippen LogP contribution in [-0.2, 0) is 37.5 Å². The number of hydrogen-bond acceptors (Lipinski definition) is 9. The number of ketones is 2. The quantitative estimate of drug-likeness (QED) is 0.265. The van der Waals surface area contributed by atoms with Crippen LogP contribution in [0.15, 0.2) is 23.8 Å². The van der Waals surface area contributed by atoms with Gasteiger partial charge in [-0.2, -0.15) is 0 Å². The monoisotopic (exact) mass is 580 g/mol. The van der Waals surface area contributed by atoms with E-state index in [2.05, 4.69) is 13.8 Å². The Labute approximate surface area is 237 Å². The first-order valence-corrected chi connectivity index (χ1v) is 16.4. The van der Waals surface area contributed by atoms with E-state index in [1.165, 1.54) is 0 Å². The van der Waals surface area contributed by atoms with Crippen molar-refractivity contribution in [3.8, 4) is 0 Å². The Kier molecular flexibility index (Phi) is 9.05. The molecule has 0 radical (unpaired) electrons. The van der Waals surface area contributed by atoms with Crippen molar-refractivity contribution in [1.82, 2.24) is 0 Å². The molecule has 0 aromatic heterocycles. The van der Waals surface area contributed by atoms with E-state index < -0.39 is 48.5 Å². The molecule has 3 fully saturated rings. The lowest BCUT2D eigenvalue weighted by atomic mass is 9.44. The van der Waals surface area contributed by atoms with Gasteiger partial charge in [0.05, 0.1) is 19.3 Å². The molecule has 0 unspecified atom stereocenters. The SMILES string of the molecule is CCOP(=O)(COCC(=O)[C@@]1(OC(=O)CC)CC[C@H]2[C@@H]3C[C@H](C)C4=CC(=O)C=C[C@]4(C)[C@H]3[C@@H](O)C[C@@]21C)OCC. The summed E-state index contributed by atoms with van der Waals surface area (Å²) in [4.78, 5) is 39.0. The molecule has 4 aliphatic rings. The Morgan fingerprint density at radius 2 is 1.82 bits per heavy atom. The van der Waals surface area contributed by atoms with Crippen molar-refractivity contribution < 1.29 is 42.6 Å². The van der Waals surface area contributed by atoms with Crippen molar-refractivity contribution in [2.75, 3.05) is 26.2 Å². The summed E-state index contributed by atoms with van der Waals surface area (Å²) in [5, 5.41) is 11.8.